The van der Waals surface area contributed by atoms with Crippen molar-refractivity contribution in [2.24, 2.45) is 0 Å². The third-order valence-corrected chi connectivity index (χ3v) is 3.00. The predicted octanol–water partition coefficient (Wildman–Crippen LogP) is 3.08. The van der Waals surface area contributed by atoms with Gasteiger partial charge in [-0.05, 0) is 24.6 Å². The minimum absolute atomic E-state index is 0.0396. The van der Waals surface area contributed by atoms with E-state index in [1.54, 1.807) is 19.1 Å². The summed E-state index contributed by atoms with van der Waals surface area (Å²) in [5, 5.41) is 9.30. The molecule has 0 aromatic heterocycles. The van der Waals surface area contributed by atoms with Gasteiger partial charge >= 0.3 is 5.97 Å². The molecule has 16 heavy (non-hydrogen) atoms. The fraction of sp³-hybridized carbons (Fsp3) is 0.273. The number of rotatable bonds is 3. The van der Waals surface area contributed by atoms with Gasteiger partial charge in [0.1, 0.15) is 6.07 Å². The average Bonchev–Trinajstić information content (AvgIpc) is 2.24. The Balaban J connectivity index is 3.08. The zero-order valence-corrected chi connectivity index (χ0v) is 10.9. The number of carbonyl (C=O) groups is 1. The summed E-state index contributed by atoms with van der Waals surface area (Å²) in [6, 6.07) is 5.30. The minimum Gasteiger partial charge on any atom is -0.466 e. The van der Waals surface area contributed by atoms with E-state index >= 15 is 0 Å². The zero-order chi connectivity index (χ0) is 12.1. The van der Waals surface area contributed by atoms with Crippen LogP contribution in [0.15, 0.2) is 16.6 Å². The molecule has 5 heteroatoms. The lowest BCUT2D eigenvalue weighted by Crippen LogP contribution is -2.09. The molecule has 0 amide bonds. The standard InChI is InChI=1S/C11H9BrClNO2/c1-2-16-11(15)5-7-8(6-14)10(13)4-3-9(7)12/h3-4H,2,5H2,1H3. The number of ether oxygens (including phenoxy) is 1. The molecule has 0 N–H and O–H groups in total. The maximum absolute atomic E-state index is 11.3. The smallest absolute Gasteiger partial charge is 0.310 e. The van der Waals surface area contributed by atoms with E-state index in [0.717, 1.165) is 0 Å². The van der Waals surface area contributed by atoms with Gasteiger partial charge in [-0.1, -0.05) is 27.5 Å². The fourth-order valence-electron chi connectivity index (χ4n) is 1.24. The van der Waals surface area contributed by atoms with Crippen molar-refractivity contribution in [3.63, 3.8) is 0 Å². The van der Waals surface area contributed by atoms with Gasteiger partial charge in [0.25, 0.3) is 0 Å². The second kappa shape index (κ2) is 5.88. The molecule has 0 atom stereocenters. The van der Waals surface area contributed by atoms with Gasteiger partial charge in [0, 0.05) is 4.47 Å². The lowest BCUT2D eigenvalue weighted by Gasteiger charge is -2.07. The van der Waals surface area contributed by atoms with Crippen LogP contribution in [0.1, 0.15) is 18.1 Å². The molecule has 0 radical (unpaired) electrons. The van der Waals surface area contributed by atoms with Gasteiger partial charge in [-0.3, -0.25) is 4.79 Å². The number of nitriles is 1. The normalized spacial score (nSPS) is 9.62. The molecule has 0 fully saturated rings. The Hall–Kier alpha value is -1.05. The first kappa shape index (κ1) is 13.0. The molecular formula is C11H9BrClNO2. The predicted molar refractivity (Wildman–Crippen MR) is 64.2 cm³/mol. The second-order valence-corrected chi connectivity index (χ2v) is 4.24. The first-order valence-electron chi connectivity index (χ1n) is 4.62. The molecule has 3 nitrogen and oxygen atoms in total. The number of halogens is 2. The molecule has 0 aliphatic rings. The maximum atomic E-state index is 11.3. The molecule has 0 aliphatic carbocycles. The van der Waals surface area contributed by atoms with Crippen LogP contribution in [-0.2, 0) is 16.0 Å². The highest BCUT2D eigenvalue weighted by Gasteiger charge is 2.14. The minimum atomic E-state index is -0.373. The first-order valence-corrected chi connectivity index (χ1v) is 5.79. The van der Waals surface area contributed by atoms with Crippen LogP contribution in [0.25, 0.3) is 0 Å². The van der Waals surface area contributed by atoms with Crippen molar-refractivity contribution in [2.45, 2.75) is 13.3 Å². The molecule has 0 saturated carbocycles. The summed E-state index contributed by atoms with van der Waals surface area (Å²) in [6.45, 7) is 2.05. The summed E-state index contributed by atoms with van der Waals surface area (Å²) >= 11 is 9.15. The van der Waals surface area contributed by atoms with Crippen LogP contribution >= 0.6 is 27.5 Å². The van der Waals surface area contributed by atoms with Crippen LogP contribution < -0.4 is 0 Å². The van der Waals surface area contributed by atoms with Gasteiger partial charge in [-0.25, -0.2) is 0 Å². The lowest BCUT2D eigenvalue weighted by molar-refractivity contribution is -0.142. The van der Waals surface area contributed by atoms with Crippen LogP contribution in [0.2, 0.25) is 5.02 Å². The van der Waals surface area contributed by atoms with Gasteiger partial charge in [-0.2, -0.15) is 5.26 Å². The molecule has 1 aromatic carbocycles. The highest BCUT2D eigenvalue weighted by atomic mass is 79.9. The Bertz CT molecular complexity index is 454. The molecule has 0 unspecified atom stereocenters. The molecule has 0 saturated heterocycles. The van der Waals surface area contributed by atoms with Gasteiger partial charge in [0.05, 0.1) is 23.6 Å². The van der Waals surface area contributed by atoms with E-state index in [9.17, 15) is 4.79 Å². The summed E-state index contributed by atoms with van der Waals surface area (Å²) < 4.78 is 5.51. The number of hydrogen-bond acceptors (Lipinski definition) is 3. The Morgan fingerprint density at radius 1 is 1.62 bits per heavy atom. The molecular weight excluding hydrogens is 293 g/mol. The third-order valence-electron chi connectivity index (χ3n) is 1.94. The van der Waals surface area contributed by atoms with Crippen molar-refractivity contribution in [1.82, 2.24) is 0 Å². The molecule has 0 heterocycles. The largest absolute Gasteiger partial charge is 0.466 e. The number of carbonyl (C=O) groups excluding carboxylic acids is 1. The summed E-state index contributed by atoms with van der Waals surface area (Å²) in [5.41, 5.74) is 0.873. The molecule has 1 aromatic rings. The van der Waals surface area contributed by atoms with Gasteiger partial charge in [0.15, 0.2) is 0 Å². The van der Waals surface area contributed by atoms with E-state index in [2.05, 4.69) is 15.9 Å². The van der Waals surface area contributed by atoms with Crippen molar-refractivity contribution < 1.29 is 9.53 Å². The topological polar surface area (TPSA) is 50.1 Å². The van der Waals surface area contributed by atoms with Crippen LogP contribution in [0.4, 0.5) is 0 Å². The zero-order valence-electron chi connectivity index (χ0n) is 8.59. The maximum Gasteiger partial charge on any atom is 0.310 e. The molecule has 1 rings (SSSR count). The first-order chi connectivity index (χ1) is 7.60. The summed E-state index contributed by atoms with van der Waals surface area (Å²) in [6.07, 6.45) is 0.0396. The molecule has 0 bridgehead atoms. The summed E-state index contributed by atoms with van der Waals surface area (Å²) in [4.78, 5) is 11.3. The molecule has 0 aliphatic heterocycles. The molecule has 0 spiro atoms. The third kappa shape index (κ3) is 2.97. The van der Waals surface area contributed by atoms with Crippen LogP contribution in [-0.4, -0.2) is 12.6 Å². The second-order valence-electron chi connectivity index (χ2n) is 2.98. The summed E-state index contributed by atoms with van der Waals surface area (Å²) in [5.74, 6) is -0.373. The summed E-state index contributed by atoms with van der Waals surface area (Å²) in [7, 11) is 0. The highest BCUT2D eigenvalue weighted by molar-refractivity contribution is 9.10. The van der Waals surface area contributed by atoms with Crippen molar-refractivity contribution in [1.29, 1.82) is 5.26 Å². The quantitative estimate of drug-likeness (QED) is 0.806. The lowest BCUT2D eigenvalue weighted by atomic mass is 10.1. The average molecular weight is 303 g/mol. The van der Waals surface area contributed by atoms with Gasteiger partial charge < -0.3 is 4.74 Å². The monoisotopic (exact) mass is 301 g/mol. The Kier molecular flexibility index (Phi) is 4.78. The highest BCUT2D eigenvalue weighted by Crippen LogP contribution is 2.27. The van der Waals surface area contributed by atoms with E-state index in [1.165, 1.54) is 0 Å². The van der Waals surface area contributed by atoms with Crippen molar-refractivity contribution in [2.75, 3.05) is 6.61 Å². The Labute approximate surface area is 107 Å². The molecule has 84 valence electrons. The van der Waals surface area contributed by atoms with Gasteiger partial charge in [-0.15, -0.1) is 0 Å². The van der Waals surface area contributed by atoms with Crippen molar-refractivity contribution in [3.05, 3.63) is 32.8 Å². The Morgan fingerprint density at radius 3 is 2.88 bits per heavy atom. The van der Waals surface area contributed by atoms with E-state index in [-0.39, 0.29) is 12.4 Å². The van der Waals surface area contributed by atoms with Gasteiger partial charge in [0.2, 0.25) is 0 Å². The fourth-order valence-corrected chi connectivity index (χ4v) is 1.93. The van der Waals surface area contributed by atoms with Crippen molar-refractivity contribution >= 4 is 33.5 Å². The van der Waals surface area contributed by atoms with Crippen molar-refractivity contribution in [3.8, 4) is 6.07 Å². The van der Waals surface area contributed by atoms with E-state index < -0.39 is 0 Å². The van der Waals surface area contributed by atoms with Crippen LogP contribution in [0, 0.1) is 11.3 Å². The number of esters is 1. The SMILES string of the molecule is CCOC(=O)Cc1c(Br)ccc(Cl)c1C#N. The van der Waals surface area contributed by atoms with E-state index in [0.29, 0.717) is 27.2 Å². The van der Waals surface area contributed by atoms with E-state index in [1.807, 2.05) is 6.07 Å². The number of nitrogens with zero attached hydrogens (tertiary/aromatic N) is 1. The Morgan fingerprint density at radius 2 is 2.31 bits per heavy atom. The van der Waals surface area contributed by atoms with Crippen LogP contribution in [0.5, 0.6) is 0 Å². The number of benzene rings is 1. The van der Waals surface area contributed by atoms with E-state index in [4.69, 9.17) is 21.6 Å². The van der Waals surface area contributed by atoms with Crippen LogP contribution in [0.3, 0.4) is 0 Å². The number of hydrogen-bond donors (Lipinski definition) is 0.